The zero-order valence-corrected chi connectivity index (χ0v) is 9.85. The van der Waals surface area contributed by atoms with E-state index in [1.165, 1.54) is 0 Å². The molecule has 0 spiro atoms. The Morgan fingerprint density at radius 2 is 1.87 bits per heavy atom. The number of aryl methyl sites for hydroxylation is 1. The molecule has 84 valence electrons. The van der Waals surface area contributed by atoms with E-state index in [2.05, 4.69) is 15.1 Å². The zero-order valence-electron chi connectivity index (χ0n) is 9.85. The lowest BCUT2D eigenvalue weighted by atomic mass is 10.6. The first-order valence-corrected chi connectivity index (χ1v) is 4.69. The van der Waals surface area contributed by atoms with E-state index in [9.17, 15) is 0 Å². The van der Waals surface area contributed by atoms with Crippen molar-refractivity contribution in [1.82, 2.24) is 19.9 Å². The highest BCUT2D eigenvalue weighted by Crippen LogP contribution is 1.98. The molecule has 0 radical (unpaired) electrons. The molecule has 0 N–H and O–H groups in total. The topological polar surface area (TPSA) is 57.8 Å². The summed E-state index contributed by atoms with van der Waals surface area (Å²) < 4.78 is 4.86. The maximum Gasteiger partial charge on any atom is 0.223 e. The molecule has 0 aromatic carbocycles. The summed E-state index contributed by atoms with van der Waals surface area (Å²) in [6.45, 7) is 2.20. The molecule has 6 nitrogen and oxygen atoms in total. The number of hydrogen-bond acceptors (Lipinski definition) is 4. The number of hydrogen-bond donors (Lipinski definition) is 0. The normalized spacial score (nSPS) is 9.93. The molecule has 0 saturated carbocycles. The van der Waals surface area contributed by atoms with E-state index in [0.717, 1.165) is 5.96 Å². The Morgan fingerprint density at radius 1 is 1.27 bits per heavy atom. The van der Waals surface area contributed by atoms with Gasteiger partial charge in [-0.2, -0.15) is 4.98 Å². The van der Waals surface area contributed by atoms with Crippen molar-refractivity contribution >= 4 is 5.96 Å². The van der Waals surface area contributed by atoms with E-state index in [1.807, 2.05) is 38.0 Å². The third-order valence-electron chi connectivity index (χ3n) is 1.73. The lowest BCUT2D eigenvalue weighted by molar-refractivity contribution is 0.387. The molecule has 1 rings (SSSR count). The van der Waals surface area contributed by atoms with Crippen LogP contribution in [0.1, 0.15) is 11.7 Å². The molecule has 0 saturated heterocycles. The standard InChI is InChI=1S/C9H17N5O/c1-7-11-8(12-15-7)6-10-9(13(2)3)14(4)5/h6H2,1-5H3. The summed E-state index contributed by atoms with van der Waals surface area (Å²) in [5.41, 5.74) is 0. The molecule has 0 aliphatic rings. The van der Waals surface area contributed by atoms with Gasteiger partial charge in [-0.05, 0) is 0 Å². The summed E-state index contributed by atoms with van der Waals surface area (Å²) in [7, 11) is 7.78. The van der Waals surface area contributed by atoms with Crippen LogP contribution in [0.15, 0.2) is 9.52 Å². The van der Waals surface area contributed by atoms with E-state index in [4.69, 9.17) is 4.52 Å². The van der Waals surface area contributed by atoms with Crippen LogP contribution in [0, 0.1) is 6.92 Å². The summed E-state index contributed by atoms with van der Waals surface area (Å²) in [6, 6.07) is 0. The molecule has 0 unspecified atom stereocenters. The van der Waals surface area contributed by atoms with Crippen LogP contribution in [0.5, 0.6) is 0 Å². The van der Waals surface area contributed by atoms with Gasteiger partial charge >= 0.3 is 0 Å². The molecule has 6 heteroatoms. The monoisotopic (exact) mass is 211 g/mol. The Hall–Kier alpha value is -1.59. The molecular formula is C9H17N5O. The van der Waals surface area contributed by atoms with Gasteiger partial charge in [0, 0.05) is 35.1 Å². The van der Waals surface area contributed by atoms with Crippen molar-refractivity contribution in [2.75, 3.05) is 28.2 Å². The van der Waals surface area contributed by atoms with Crippen molar-refractivity contribution in [3.8, 4) is 0 Å². The molecule has 15 heavy (non-hydrogen) atoms. The third-order valence-corrected chi connectivity index (χ3v) is 1.73. The maximum absolute atomic E-state index is 4.86. The Kier molecular flexibility index (Phi) is 3.65. The van der Waals surface area contributed by atoms with E-state index in [-0.39, 0.29) is 0 Å². The number of aliphatic imine (C=N–C) groups is 1. The van der Waals surface area contributed by atoms with Crippen LogP contribution in [0.25, 0.3) is 0 Å². The molecule has 0 aliphatic carbocycles. The van der Waals surface area contributed by atoms with Gasteiger partial charge in [0.2, 0.25) is 5.89 Å². The summed E-state index contributed by atoms with van der Waals surface area (Å²) >= 11 is 0. The van der Waals surface area contributed by atoms with Gasteiger partial charge in [-0.25, -0.2) is 4.99 Å². The van der Waals surface area contributed by atoms with Gasteiger partial charge in [0.25, 0.3) is 0 Å². The average Bonchev–Trinajstić information content (AvgIpc) is 2.50. The predicted octanol–water partition coefficient (Wildman–Crippen LogP) is 0.357. The van der Waals surface area contributed by atoms with Crippen molar-refractivity contribution in [2.45, 2.75) is 13.5 Å². The van der Waals surface area contributed by atoms with Gasteiger partial charge in [0.05, 0.1) is 0 Å². The lowest BCUT2D eigenvalue weighted by Gasteiger charge is -2.22. The van der Waals surface area contributed by atoms with E-state index < -0.39 is 0 Å². The number of rotatable bonds is 2. The van der Waals surface area contributed by atoms with Crippen LogP contribution in [0.2, 0.25) is 0 Å². The molecular weight excluding hydrogens is 194 g/mol. The number of nitrogens with zero attached hydrogens (tertiary/aromatic N) is 5. The summed E-state index contributed by atoms with van der Waals surface area (Å²) in [6.07, 6.45) is 0. The first kappa shape index (κ1) is 11.5. The molecule has 0 aliphatic heterocycles. The predicted molar refractivity (Wildman–Crippen MR) is 57.5 cm³/mol. The smallest absolute Gasteiger partial charge is 0.223 e. The highest BCUT2D eigenvalue weighted by atomic mass is 16.5. The molecule has 0 amide bonds. The third kappa shape index (κ3) is 3.23. The van der Waals surface area contributed by atoms with Crippen LogP contribution in [-0.2, 0) is 6.54 Å². The quantitative estimate of drug-likeness (QED) is 0.522. The van der Waals surface area contributed by atoms with Gasteiger partial charge in [-0.15, -0.1) is 0 Å². The van der Waals surface area contributed by atoms with Crippen molar-refractivity contribution in [3.63, 3.8) is 0 Å². The molecule has 1 aromatic heterocycles. The van der Waals surface area contributed by atoms with E-state index in [1.54, 1.807) is 6.92 Å². The molecule has 0 fully saturated rings. The summed E-state index contributed by atoms with van der Waals surface area (Å²) in [5.74, 6) is 2.04. The number of guanidine groups is 1. The van der Waals surface area contributed by atoms with Gasteiger partial charge in [0.15, 0.2) is 11.8 Å². The van der Waals surface area contributed by atoms with Gasteiger partial charge < -0.3 is 14.3 Å². The van der Waals surface area contributed by atoms with Gasteiger partial charge in [-0.3, -0.25) is 0 Å². The summed E-state index contributed by atoms with van der Waals surface area (Å²) in [4.78, 5) is 12.3. The second-order valence-electron chi connectivity index (χ2n) is 3.63. The molecule has 0 atom stereocenters. The second-order valence-corrected chi connectivity index (χ2v) is 3.63. The van der Waals surface area contributed by atoms with Crippen molar-refractivity contribution in [3.05, 3.63) is 11.7 Å². The zero-order chi connectivity index (χ0) is 11.4. The Labute approximate surface area is 89.6 Å². The second kappa shape index (κ2) is 4.77. The van der Waals surface area contributed by atoms with Crippen molar-refractivity contribution in [2.24, 2.45) is 4.99 Å². The van der Waals surface area contributed by atoms with E-state index in [0.29, 0.717) is 18.3 Å². The lowest BCUT2D eigenvalue weighted by Crippen LogP contribution is -2.35. The van der Waals surface area contributed by atoms with Crippen molar-refractivity contribution in [1.29, 1.82) is 0 Å². The highest BCUT2D eigenvalue weighted by Gasteiger charge is 2.06. The van der Waals surface area contributed by atoms with Crippen LogP contribution < -0.4 is 0 Å². The van der Waals surface area contributed by atoms with Gasteiger partial charge in [-0.1, -0.05) is 5.16 Å². The van der Waals surface area contributed by atoms with Gasteiger partial charge in [0.1, 0.15) is 6.54 Å². The minimum Gasteiger partial charge on any atom is -0.349 e. The SMILES string of the molecule is Cc1nc(CN=C(N(C)C)N(C)C)no1. The fourth-order valence-electron chi connectivity index (χ4n) is 1.23. The first-order valence-electron chi connectivity index (χ1n) is 4.69. The highest BCUT2D eigenvalue weighted by molar-refractivity contribution is 5.79. The molecule has 1 heterocycles. The fourth-order valence-corrected chi connectivity index (χ4v) is 1.23. The largest absolute Gasteiger partial charge is 0.349 e. The first-order chi connectivity index (χ1) is 7.00. The maximum atomic E-state index is 4.86. The average molecular weight is 211 g/mol. The minimum absolute atomic E-state index is 0.434. The van der Waals surface area contributed by atoms with E-state index >= 15 is 0 Å². The Balaban J connectivity index is 2.69. The summed E-state index contributed by atoms with van der Waals surface area (Å²) in [5, 5.41) is 3.78. The minimum atomic E-state index is 0.434. The molecule has 0 bridgehead atoms. The number of aromatic nitrogens is 2. The van der Waals surface area contributed by atoms with Crippen LogP contribution in [0.3, 0.4) is 0 Å². The fraction of sp³-hybridized carbons (Fsp3) is 0.667. The van der Waals surface area contributed by atoms with Crippen molar-refractivity contribution < 1.29 is 4.52 Å². The van der Waals surface area contributed by atoms with Crippen LogP contribution in [-0.4, -0.2) is 54.1 Å². The van der Waals surface area contributed by atoms with Crippen LogP contribution >= 0.6 is 0 Å². The Bertz CT molecular complexity index is 332. The van der Waals surface area contributed by atoms with Crippen LogP contribution in [0.4, 0.5) is 0 Å². The molecule has 1 aromatic rings. The Morgan fingerprint density at radius 3 is 2.27 bits per heavy atom.